The zero-order valence-corrected chi connectivity index (χ0v) is 18.5. The molecule has 0 aromatic heterocycles. The largest absolute Gasteiger partial charge is 0.453 e. The van der Waals surface area contributed by atoms with E-state index in [4.69, 9.17) is 14.4 Å². The zero-order chi connectivity index (χ0) is 21.1. The lowest BCUT2D eigenvalue weighted by molar-refractivity contribution is 0.559. The summed E-state index contributed by atoms with van der Waals surface area (Å²) < 4.78 is 6.37. The van der Waals surface area contributed by atoms with Gasteiger partial charge in [-0.25, -0.2) is 4.98 Å². The molecule has 0 bridgehead atoms. The molecule has 1 aliphatic heterocycles. The minimum atomic E-state index is 0.708. The van der Waals surface area contributed by atoms with Crippen molar-refractivity contribution in [2.75, 3.05) is 24.5 Å². The van der Waals surface area contributed by atoms with Crippen LogP contribution in [0.25, 0.3) is 33.3 Å². The van der Waals surface area contributed by atoms with Crippen molar-refractivity contribution in [1.29, 1.82) is 0 Å². The number of nitrogens with zero attached hydrogens (tertiary/aromatic N) is 3. The summed E-state index contributed by atoms with van der Waals surface area (Å²) in [6.07, 6.45) is 2.30. The van der Waals surface area contributed by atoms with Gasteiger partial charge in [-0.2, -0.15) is 0 Å². The Bertz CT molecular complexity index is 1190. The molecule has 2 aromatic rings. The minimum absolute atomic E-state index is 0.708. The first-order valence-electron chi connectivity index (χ1n) is 11.1. The molecule has 1 heterocycles. The third-order valence-electron chi connectivity index (χ3n) is 5.71. The van der Waals surface area contributed by atoms with Gasteiger partial charge < -0.3 is 9.32 Å². The van der Waals surface area contributed by atoms with Gasteiger partial charge in [0.1, 0.15) is 11.2 Å². The predicted molar refractivity (Wildman–Crippen MR) is 126 cm³/mol. The lowest BCUT2D eigenvalue weighted by Gasteiger charge is -2.21. The number of aromatic nitrogens is 1. The Morgan fingerprint density at radius 3 is 2.50 bits per heavy atom. The highest BCUT2D eigenvalue weighted by Crippen LogP contribution is 2.31. The average molecular weight is 402 g/mol. The zero-order valence-electron chi connectivity index (χ0n) is 18.5. The summed E-state index contributed by atoms with van der Waals surface area (Å²) in [7, 11) is 0. The molecule has 0 unspecified atom stereocenters. The first-order valence-corrected chi connectivity index (χ1v) is 11.1. The molecular weight excluding hydrogens is 370 g/mol. The van der Waals surface area contributed by atoms with Gasteiger partial charge in [-0.1, -0.05) is 38.1 Å². The minimum Gasteiger partial charge on any atom is -0.453 e. The molecule has 0 spiro atoms. The molecule has 30 heavy (non-hydrogen) atoms. The SMILES string of the molecule is CCN(CC)c1ccc2nc3c4ccccc4c(=NCCCC(C)C)cc-3oc2c1. The van der Waals surface area contributed by atoms with Crippen molar-refractivity contribution in [3.8, 4) is 11.5 Å². The van der Waals surface area contributed by atoms with Crippen molar-refractivity contribution in [3.63, 3.8) is 0 Å². The quantitative estimate of drug-likeness (QED) is 0.208. The smallest absolute Gasteiger partial charge is 0.155 e. The highest BCUT2D eigenvalue weighted by molar-refractivity contribution is 5.96. The van der Waals surface area contributed by atoms with Gasteiger partial charge in [0.15, 0.2) is 11.3 Å². The van der Waals surface area contributed by atoms with Crippen LogP contribution in [0.2, 0.25) is 0 Å². The molecule has 0 saturated heterocycles. The Labute approximate surface area is 178 Å². The van der Waals surface area contributed by atoms with Crippen LogP contribution >= 0.6 is 0 Å². The molecule has 0 saturated carbocycles. The van der Waals surface area contributed by atoms with E-state index in [1.807, 2.05) is 0 Å². The van der Waals surface area contributed by atoms with Gasteiger partial charge in [0.05, 0.1) is 5.36 Å². The van der Waals surface area contributed by atoms with E-state index in [0.717, 1.165) is 70.4 Å². The fraction of sp³-hybridized carbons (Fsp3) is 0.385. The molecule has 2 aromatic carbocycles. The molecule has 0 amide bonds. The third kappa shape index (κ3) is 4.04. The Morgan fingerprint density at radius 1 is 1.00 bits per heavy atom. The van der Waals surface area contributed by atoms with Crippen LogP contribution in [0, 0.1) is 5.92 Å². The van der Waals surface area contributed by atoms with Crippen molar-refractivity contribution in [2.24, 2.45) is 10.9 Å². The molecule has 4 rings (SSSR count). The van der Waals surface area contributed by atoms with Gasteiger partial charge in [-0.15, -0.1) is 0 Å². The summed E-state index contributed by atoms with van der Waals surface area (Å²) in [5.41, 5.74) is 3.75. The predicted octanol–water partition coefficient (Wildman–Crippen LogP) is 6.27. The van der Waals surface area contributed by atoms with Crippen molar-refractivity contribution in [2.45, 2.75) is 40.5 Å². The van der Waals surface area contributed by atoms with Crippen molar-refractivity contribution in [3.05, 3.63) is 53.9 Å². The molecule has 0 atom stereocenters. The maximum Gasteiger partial charge on any atom is 0.155 e. The summed E-state index contributed by atoms with van der Waals surface area (Å²) in [6, 6.07) is 16.7. The van der Waals surface area contributed by atoms with Crippen molar-refractivity contribution in [1.82, 2.24) is 4.98 Å². The summed E-state index contributed by atoms with van der Waals surface area (Å²) in [4.78, 5) is 12.2. The second-order valence-electron chi connectivity index (χ2n) is 8.24. The first-order chi connectivity index (χ1) is 14.6. The third-order valence-corrected chi connectivity index (χ3v) is 5.71. The number of hydrogen-bond acceptors (Lipinski definition) is 4. The van der Waals surface area contributed by atoms with Crippen LogP contribution in [0.4, 0.5) is 5.69 Å². The van der Waals surface area contributed by atoms with E-state index in [0.29, 0.717) is 5.92 Å². The maximum atomic E-state index is 6.37. The molecule has 4 nitrogen and oxygen atoms in total. The van der Waals surface area contributed by atoms with Gasteiger partial charge in [-0.05, 0) is 44.7 Å². The Kier molecular flexibility index (Phi) is 6.03. The molecule has 1 aliphatic carbocycles. The van der Waals surface area contributed by atoms with Crippen LogP contribution < -0.4 is 10.3 Å². The van der Waals surface area contributed by atoms with E-state index in [-0.39, 0.29) is 0 Å². The van der Waals surface area contributed by atoms with Crippen molar-refractivity contribution < 1.29 is 4.42 Å². The number of benzene rings is 3. The molecule has 156 valence electrons. The number of rotatable bonds is 7. The van der Waals surface area contributed by atoms with Crippen LogP contribution in [-0.2, 0) is 0 Å². The second kappa shape index (κ2) is 8.86. The van der Waals surface area contributed by atoms with Gasteiger partial charge in [0.2, 0.25) is 0 Å². The van der Waals surface area contributed by atoms with Crippen LogP contribution in [-0.4, -0.2) is 24.6 Å². The topological polar surface area (TPSA) is 41.6 Å². The number of hydrogen-bond donors (Lipinski definition) is 0. The van der Waals surface area contributed by atoms with E-state index in [2.05, 4.69) is 81.1 Å². The number of fused-ring (bicyclic) bond motifs is 4. The lowest BCUT2D eigenvalue weighted by atomic mass is 10.0. The fourth-order valence-electron chi connectivity index (χ4n) is 4.04. The van der Waals surface area contributed by atoms with E-state index in [1.165, 1.54) is 6.42 Å². The molecular formula is C26H31N3O. The molecule has 0 fully saturated rings. The van der Waals surface area contributed by atoms with Crippen molar-refractivity contribution >= 4 is 27.6 Å². The van der Waals surface area contributed by atoms with E-state index in [9.17, 15) is 0 Å². The molecule has 2 aliphatic rings. The van der Waals surface area contributed by atoms with Crippen LogP contribution in [0.1, 0.15) is 40.5 Å². The highest BCUT2D eigenvalue weighted by atomic mass is 16.3. The van der Waals surface area contributed by atoms with Gasteiger partial charge >= 0.3 is 0 Å². The molecule has 0 radical (unpaired) electrons. The summed E-state index contributed by atoms with van der Waals surface area (Å²) >= 11 is 0. The fourth-order valence-corrected chi connectivity index (χ4v) is 4.04. The van der Waals surface area contributed by atoms with Crippen LogP contribution in [0.3, 0.4) is 0 Å². The highest BCUT2D eigenvalue weighted by Gasteiger charge is 2.15. The van der Waals surface area contributed by atoms with E-state index >= 15 is 0 Å². The number of anilines is 1. The Hall–Kier alpha value is -2.88. The van der Waals surface area contributed by atoms with Gasteiger partial charge in [0.25, 0.3) is 0 Å². The average Bonchev–Trinajstić information content (AvgIpc) is 2.76. The van der Waals surface area contributed by atoms with Crippen LogP contribution in [0.5, 0.6) is 0 Å². The summed E-state index contributed by atoms with van der Waals surface area (Å²) in [5, 5.41) is 3.22. The summed E-state index contributed by atoms with van der Waals surface area (Å²) in [5.74, 6) is 1.50. The van der Waals surface area contributed by atoms with E-state index in [1.54, 1.807) is 0 Å². The lowest BCUT2D eigenvalue weighted by Crippen LogP contribution is -2.21. The van der Waals surface area contributed by atoms with Gasteiger partial charge in [0, 0.05) is 48.2 Å². The first kappa shape index (κ1) is 20.4. The standard InChI is InChI=1S/C26H31N3O/c1-5-29(6-2)19-13-14-22-24(16-19)30-25-17-23(27-15-9-10-18(3)4)20-11-7-8-12-21(20)26(25)28-22/h7-8,11-14,16-18H,5-6,9-10,15H2,1-4H3. The Balaban J connectivity index is 1.87. The monoisotopic (exact) mass is 401 g/mol. The molecule has 4 heteroatoms. The van der Waals surface area contributed by atoms with Crippen LogP contribution in [0.15, 0.2) is 57.9 Å². The van der Waals surface area contributed by atoms with E-state index < -0.39 is 0 Å². The van der Waals surface area contributed by atoms with Gasteiger partial charge in [-0.3, -0.25) is 4.99 Å². The second-order valence-corrected chi connectivity index (χ2v) is 8.24. The summed E-state index contributed by atoms with van der Waals surface area (Å²) in [6.45, 7) is 11.6. The Morgan fingerprint density at radius 2 is 1.77 bits per heavy atom. The maximum absolute atomic E-state index is 6.37. The molecule has 0 N–H and O–H groups in total. The normalized spacial score (nSPS) is 12.5.